The molecule has 9 nitrogen and oxygen atoms in total. The standard InChI is InChI=1S/C23H26N6O3/c1-15(30)28-9-7-27(8-10-28)13-19-23(25-21-6-4-17(24)12-29(19)21)16-3-5-20-18(11-16)26(2)22(31)14-32-20/h3-6,11-12H,7-10,13-14,24H2,1-2H3. The van der Waals surface area contributed by atoms with Crippen LogP contribution in [0.4, 0.5) is 11.4 Å². The molecule has 2 N–H and O–H groups in total. The van der Waals surface area contributed by atoms with Crippen molar-refractivity contribution >= 4 is 28.8 Å². The highest BCUT2D eigenvalue weighted by atomic mass is 16.5. The maximum atomic E-state index is 12.1. The van der Waals surface area contributed by atoms with E-state index in [1.54, 1.807) is 18.9 Å². The Morgan fingerprint density at radius 3 is 2.69 bits per heavy atom. The zero-order valence-corrected chi connectivity index (χ0v) is 18.2. The summed E-state index contributed by atoms with van der Waals surface area (Å²) in [6.45, 7) is 5.36. The summed E-state index contributed by atoms with van der Waals surface area (Å²) >= 11 is 0. The normalized spacial score (nSPS) is 16.9. The van der Waals surface area contributed by atoms with E-state index < -0.39 is 0 Å². The van der Waals surface area contributed by atoms with Crippen molar-refractivity contribution in [3.05, 3.63) is 42.2 Å². The lowest BCUT2D eigenvalue weighted by Gasteiger charge is -2.34. The summed E-state index contributed by atoms with van der Waals surface area (Å²) in [6.07, 6.45) is 1.89. The number of hydrogen-bond donors (Lipinski definition) is 1. The van der Waals surface area contributed by atoms with E-state index in [-0.39, 0.29) is 18.4 Å². The molecular weight excluding hydrogens is 408 g/mol. The van der Waals surface area contributed by atoms with Crippen LogP contribution >= 0.6 is 0 Å². The molecule has 0 aliphatic carbocycles. The molecule has 1 aromatic carbocycles. The molecule has 2 amide bonds. The topological polar surface area (TPSA) is 96.4 Å². The maximum Gasteiger partial charge on any atom is 0.264 e. The Balaban J connectivity index is 1.54. The van der Waals surface area contributed by atoms with Crippen LogP contribution in [0.1, 0.15) is 12.6 Å². The zero-order valence-electron chi connectivity index (χ0n) is 18.2. The molecule has 0 atom stereocenters. The number of anilines is 2. The van der Waals surface area contributed by atoms with E-state index in [1.807, 2.05) is 45.8 Å². The molecule has 0 bridgehead atoms. The van der Waals surface area contributed by atoms with Crippen molar-refractivity contribution in [2.75, 3.05) is 50.5 Å². The van der Waals surface area contributed by atoms with E-state index in [9.17, 15) is 9.59 Å². The molecule has 1 saturated heterocycles. The van der Waals surface area contributed by atoms with Gasteiger partial charge in [-0.2, -0.15) is 0 Å². The van der Waals surface area contributed by atoms with Gasteiger partial charge in [0.25, 0.3) is 5.91 Å². The predicted octanol–water partition coefficient (Wildman–Crippen LogP) is 1.60. The Morgan fingerprint density at radius 1 is 1.16 bits per heavy atom. The second-order valence-corrected chi connectivity index (χ2v) is 8.30. The smallest absolute Gasteiger partial charge is 0.264 e. The second kappa shape index (κ2) is 7.83. The summed E-state index contributed by atoms with van der Waals surface area (Å²) in [5.41, 5.74) is 11.1. The van der Waals surface area contributed by atoms with Crippen LogP contribution in [0.2, 0.25) is 0 Å². The molecule has 1 fully saturated rings. The molecule has 0 spiro atoms. The van der Waals surface area contributed by atoms with Gasteiger partial charge < -0.3 is 24.7 Å². The molecule has 0 radical (unpaired) electrons. The van der Waals surface area contributed by atoms with Gasteiger partial charge in [0, 0.05) is 64.1 Å². The van der Waals surface area contributed by atoms with Gasteiger partial charge in [-0.3, -0.25) is 14.5 Å². The van der Waals surface area contributed by atoms with Gasteiger partial charge in [0.15, 0.2) is 6.61 Å². The van der Waals surface area contributed by atoms with Gasteiger partial charge in [-0.25, -0.2) is 4.98 Å². The summed E-state index contributed by atoms with van der Waals surface area (Å²) in [7, 11) is 1.76. The van der Waals surface area contributed by atoms with Crippen LogP contribution in [0.5, 0.6) is 5.75 Å². The van der Waals surface area contributed by atoms with Crippen molar-refractivity contribution in [2.24, 2.45) is 0 Å². The van der Waals surface area contributed by atoms with Gasteiger partial charge in [-0.15, -0.1) is 0 Å². The minimum Gasteiger partial charge on any atom is -0.482 e. The van der Waals surface area contributed by atoms with Crippen molar-refractivity contribution in [1.82, 2.24) is 19.2 Å². The van der Waals surface area contributed by atoms with Crippen LogP contribution in [0.15, 0.2) is 36.5 Å². The van der Waals surface area contributed by atoms with Crippen LogP contribution in [-0.4, -0.2) is 70.8 Å². The summed E-state index contributed by atoms with van der Waals surface area (Å²) in [4.78, 5) is 34.5. The van der Waals surface area contributed by atoms with Gasteiger partial charge in [0.05, 0.1) is 17.1 Å². The monoisotopic (exact) mass is 434 g/mol. The number of rotatable bonds is 3. The van der Waals surface area contributed by atoms with E-state index in [0.29, 0.717) is 31.1 Å². The highest BCUT2D eigenvalue weighted by Crippen LogP contribution is 2.36. The van der Waals surface area contributed by atoms with Crippen LogP contribution in [0.3, 0.4) is 0 Å². The molecule has 32 heavy (non-hydrogen) atoms. The Hall–Kier alpha value is -3.59. The number of piperazine rings is 1. The molecule has 0 saturated carbocycles. The van der Waals surface area contributed by atoms with Crippen molar-refractivity contribution in [2.45, 2.75) is 13.5 Å². The van der Waals surface area contributed by atoms with Gasteiger partial charge in [-0.1, -0.05) is 0 Å². The highest BCUT2D eigenvalue weighted by molar-refractivity contribution is 5.98. The molecule has 166 valence electrons. The fourth-order valence-corrected chi connectivity index (χ4v) is 4.34. The Labute approximate surface area is 186 Å². The van der Waals surface area contributed by atoms with E-state index >= 15 is 0 Å². The molecule has 2 aliphatic heterocycles. The maximum absolute atomic E-state index is 12.1. The number of ether oxygens (including phenoxy) is 1. The molecule has 2 aliphatic rings. The number of nitrogens with zero attached hydrogens (tertiary/aromatic N) is 5. The van der Waals surface area contributed by atoms with E-state index in [4.69, 9.17) is 15.5 Å². The molecule has 5 rings (SSSR count). The summed E-state index contributed by atoms with van der Waals surface area (Å²) < 4.78 is 7.61. The third kappa shape index (κ3) is 3.54. The minimum atomic E-state index is -0.0824. The first-order chi connectivity index (χ1) is 15.4. The van der Waals surface area contributed by atoms with E-state index in [2.05, 4.69) is 4.90 Å². The first-order valence-corrected chi connectivity index (χ1v) is 10.7. The number of aromatic nitrogens is 2. The molecule has 9 heteroatoms. The van der Waals surface area contributed by atoms with Gasteiger partial charge >= 0.3 is 0 Å². The number of imidazole rings is 1. The van der Waals surface area contributed by atoms with E-state index in [0.717, 1.165) is 41.4 Å². The zero-order chi connectivity index (χ0) is 22.4. The van der Waals surface area contributed by atoms with Crippen LogP contribution in [-0.2, 0) is 16.1 Å². The Morgan fingerprint density at radius 2 is 1.94 bits per heavy atom. The summed E-state index contributed by atoms with van der Waals surface area (Å²) in [5, 5.41) is 0. The number of carbonyl (C=O) groups excluding carboxylic acids is 2. The molecule has 3 aromatic rings. The second-order valence-electron chi connectivity index (χ2n) is 8.30. The molecular formula is C23H26N6O3. The lowest BCUT2D eigenvalue weighted by molar-refractivity contribution is -0.130. The molecule has 2 aromatic heterocycles. The number of fused-ring (bicyclic) bond motifs is 2. The fraction of sp³-hybridized carbons (Fsp3) is 0.348. The van der Waals surface area contributed by atoms with Crippen molar-refractivity contribution < 1.29 is 14.3 Å². The number of nitrogen functional groups attached to an aromatic ring is 1. The minimum absolute atomic E-state index is 0.0496. The summed E-state index contributed by atoms with van der Waals surface area (Å²) in [6, 6.07) is 9.57. The highest BCUT2D eigenvalue weighted by Gasteiger charge is 2.25. The average Bonchev–Trinajstić information content (AvgIpc) is 3.14. The van der Waals surface area contributed by atoms with Crippen molar-refractivity contribution in [1.29, 1.82) is 0 Å². The number of likely N-dealkylation sites (N-methyl/N-ethyl adjacent to an activating group) is 1. The number of hydrogen-bond acceptors (Lipinski definition) is 6. The van der Waals surface area contributed by atoms with Gasteiger partial charge in [0.1, 0.15) is 11.4 Å². The third-order valence-electron chi connectivity index (χ3n) is 6.25. The third-order valence-corrected chi connectivity index (χ3v) is 6.25. The van der Waals surface area contributed by atoms with Gasteiger partial charge in [-0.05, 0) is 30.3 Å². The predicted molar refractivity (Wildman–Crippen MR) is 121 cm³/mol. The largest absolute Gasteiger partial charge is 0.482 e. The van der Waals surface area contributed by atoms with E-state index in [1.165, 1.54) is 0 Å². The SMILES string of the molecule is CC(=O)N1CCN(Cc2c(-c3ccc4c(c3)N(C)C(=O)CO4)nc3ccc(N)cn23)CC1. The lowest BCUT2D eigenvalue weighted by atomic mass is 10.1. The number of pyridine rings is 1. The molecule has 0 unspecified atom stereocenters. The molecule has 4 heterocycles. The quantitative estimate of drug-likeness (QED) is 0.673. The average molecular weight is 435 g/mol. The number of nitrogens with two attached hydrogens (primary N) is 1. The Kier molecular flexibility index (Phi) is 4.97. The van der Waals surface area contributed by atoms with Crippen molar-refractivity contribution in [3.63, 3.8) is 0 Å². The fourth-order valence-electron chi connectivity index (χ4n) is 4.34. The number of carbonyl (C=O) groups is 2. The lowest BCUT2D eigenvalue weighted by Crippen LogP contribution is -2.47. The number of benzene rings is 1. The van der Waals surface area contributed by atoms with Crippen molar-refractivity contribution in [3.8, 4) is 17.0 Å². The number of amides is 2. The first-order valence-electron chi connectivity index (χ1n) is 10.7. The van der Waals surface area contributed by atoms with Crippen LogP contribution in [0.25, 0.3) is 16.9 Å². The Bertz CT molecular complexity index is 1210. The van der Waals surface area contributed by atoms with Crippen LogP contribution < -0.4 is 15.4 Å². The van der Waals surface area contributed by atoms with Crippen LogP contribution in [0, 0.1) is 0 Å². The van der Waals surface area contributed by atoms with Gasteiger partial charge in [0.2, 0.25) is 5.91 Å². The first kappa shape index (κ1) is 20.3. The summed E-state index contributed by atoms with van der Waals surface area (Å²) in [5.74, 6) is 0.717.